The van der Waals surface area contributed by atoms with Crippen LogP contribution >= 0.6 is 11.6 Å². The fourth-order valence-corrected chi connectivity index (χ4v) is 2.03. The predicted molar refractivity (Wildman–Crippen MR) is 56.1 cm³/mol. The van der Waals surface area contributed by atoms with Gasteiger partial charge in [-0.1, -0.05) is 17.7 Å². The Balaban J connectivity index is 2.39. The minimum atomic E-state index is -0.183. The zero-order chi connectivity index (χ0) is 10.3. The van der Waals surface area contributed by atoms with E-state index in [1.807, 2.05) is 0 Å². The van der Waals surface area contributed by atoms with Crippen molar-refractivity contribution in [1.29, 1.82) is 0 Å². The minimum absolute atomic E-state index is 0.116. The van der Waals surface area contributed by atoms with E-state index in [-0.39, 0.29) is 17.8 Å². The summed E-state index contributed by atoms with van der Waals surface area (Å²) < 4.78 is 13.8. The summed E-state index contributed by atoms with van der Waals surface area (Å²) in [6.45, 7) is 1.70. The number of hydrogen-bond donors (Lipinski definition) is 1. The largest absolute Gasteiger partial charge is 0.327 e. The molecule has 14 heavy (non-hydrogen) atoms. The fraction of sp³-hybridized carbons (Fsp3) is 0.455. The van der Waals surface area contributed by atoms with Crippen LogP contribution < -0.4 is 5.73 Å². The van der Waals surface area contributed by atoms with Crippen molar-refractivity contribution in [3.8, 4) is 0 Å². The molecule has 76 valence electrons. The van der Waals surface area contributed by atoms with Gasteiger partial charge in [0.15, 0.2) is 0 Å². The van der Waals surface area contributed by atoms with Gasteiger partial charge in [-0.3, -0.25) is 0 Å². The summed E-state index contributed by atoms with van der Waals surface area (Å²) in [7, 11) is 0. The molecule has 2 atom stereocenters. The highest BCUT2D eigenvalue weighted by molar-refractivity contribution is 6.31. The van der Waals surface area contributed by atoms with Gasteiger partial charge in [-0.15, -0.1) is 0 Å². The lowest BCUT2D eigenvalue weighted by Crippen LogP contribution is -2.37. The number of halogens is 2. The van der Waals surface area contributed by atoms with Crippen molar-refractivity contribution in [1.82, 2.24) is 0 Å². The van der Waals surface area contributed by atoms with Crippen molar-refractivity contribution < 1.29 is 4.39 Å². The molecule has 0 saturated heterocycles. The second-order valence-electron chi connectivity index (χ2n) is 3.92. The lowest BCUT2D eigenvalue weighted by Gasteiger charge is -2.34. The highest BCUT2D eigenvalue weighted by atomic mass is 35.5. The first kappa shape index (κ1) is 9.94. The van der Waals surface area contributed by atoms with E-state index >= 15 is 0 Å². The molecule has 1 aromatic carbocycles. The summed E-state index contributed by atoms with van der Waals surface area (Å²) in [6, 6.07) is 3.62. The van der Waals surface area contributed by atoms with E-state index < -0.39 is 0 Å². The van der Waals surface area contributed by atoms with Crippen LogP contribution in [-0.2, 0) is 0 Å². The number of nitrogens with two attached hydrogens (primary N) is 1. The molecule has 0 heterocycles. The summed E-state index contributed by atoms with van der Waals surface area (Å²) in [5, 5.41) is 0.485. The molecule has 1 aliphatic rings. The smallest absolute Gasteiger partial charge is 0.131 e. The Hall–Kier alpha value is -0.600. The minimum Gasteiger partial charge on any atom is -0.327 e. The van der Waals surface area contributed by atoms with E-state index in [2.05, 4.69) is 0 Å². The quantitative estimate of drug-likeness (QED) is 0.763. The van der Waals surface area contributed by atoms with Crippen molar-refractivity contribution in [3.05, 3.63) is 34.1 Å². The zero-order valence-electron chi connectivity index (χ0n) is 8.06. The highest BCUT2D eigenvalue weighted by Crippen LogP contribution is 2.38. The standard InChI is InChI=1S/C11H13ClFN/c1-6-9(12)4-2-8(11(6)13)7-3-5-10(7)14/h2,4,7,10H,3,5,14H2,1H3. The number of rotatable bonds is 1. The van der Waals surface area contributed by atoms with E-state index in [9.17, 15) is 4.39 Å². The Kier molecular flexibility index (Phi) is 2.50. The van der Waals surface area contributed by atoms with Gasteiger partial charge in [-0.05, 0) is 31.4 Å². The van der Waals surface area contributed by atoms with E-state index in [1.165, 1.54) is 0 Å². The van der Waals surface area contributed by atoms with Gasteiger partial charge in [0.05, 0.1) is 0 Å². The van der Waals surface area contributed by atoms with Crippen molar-refractivity contribution in [2.75, 3.05) is 0 Å². The SMILES string of the molecule is Cc1c(Cl)ccc(C2CCC2N)c1F. The third-order valence-electron chi connectivity index (χ3n) is 3.08. The van der Waals surface area contributed by atoms with Gasteiger partial charge >= 0.3 is 0 Å². The molecule has 1 fully saturated rings. The summed E-state index contributed by atoms with van der Waals surface area (Å²) in [6.07, 6.45) is 1.98. The first-order valence-corrected chi connectivity index (χ1v) is 5.19. The third-order valence-corrected chi connectivity index (χ3v) is 3.49. The van der Waals surface area contributed by atoms with Gasteiger partial charge in [0, 0.05) is 22.5 Å². The van der Waals surface area contributed by atoms with Crippen LogP contribution in [0.15, 0.2) is 12.1 Å². The van der Waals surface area contributed by atoms with E-state index in [0.29, 0.717) is 10.6 Å². The molecule has 0 aliphatic heterocycles. The van der Waals surface area contributed by atoms with Crippen molar-refractivity contribution >= 4 is 11.6 Å². The Morgan fingerprint density at radius 3 is 2.64 bits per heavy atom. The molecule has 2 unspecified atom stereocenters. The normalized spacial score (nSPS) is 26.0. The molecule has 0 bridgehead atoms. The van der Waals surface area contributed by atoms with Crippen LogP contribution in [0.1, 0.15) is 29.9 Å². The van der Waals surface area contributed by atoms with Crippen molar-refractivity contribution in [3.63, 3.8) is 0 Å². The first-order valence-electron chi connectivity index (χ1n) is 4.81. The van der Waals surface area contributed by atoms with Crippen molar-refractivity contribution in [2.24, 2.45) is 5.73 Å². The molecule has 1 aromatic rings. The first-order chi connectivity index (χ1) is 6.61. The molecule has 1 nitrogen and oxygen atoms in total. The third kappa shape index (κ3) is 1.43. The van der Waals surface area contributed by atoms with Gasteiger partial charge in [-0.25, -0.2) is 4.39 Å². The van der Waals surface area contributed by atoms with E-state index in [0.717, 1.165) is 18.4 Å². The van der Waals surface area contributed by atoms with Crippen LogP contribution in [0.2, 0.25) is 5.02 Å². The lowest BCUT2D eigenvalue weighted by atomic mass is 9.75. The molecule has 3 heteroatoms. The summed E-state index contributed by atoms with van der Waals surface area (Å²) >= 11 is 5.82. The van der Waals surface area contributed by atoms with Crippen LogP contribution in [-0.4, -0.2) is 6.04 Å². The highest BCUT2D eigenvalue weighted by Gasteiger charge is 2.31. The lowest BCUT2D eigenvalue weighted by molar-refractivity contribution is 0.336. The van der Waals surface area contributed by atoms with Gasteiger partial charge in [0.25, 0.3) is 0 Å². The molecule has 2 N–H and O–H groups in total. The predicted octanol–water partition coefficient (Wildman–Crippen LogP) is 2.99. The number of benzene rings is 1. The monoisotopic (exact) mass is 213 g/mol. The van der Waals surface area contributed by atoms with Gasteiger partial charge < -0.3 is 5.73 Å². The Labute approximate surface area is 88.1 Å². The topological polar surface area (TPSA) is 26.0 Å². The summed E-state index contributed by atoms with van der Waals surface area (Å²) in [5.41, 5.74) is 7.07. The Morgan fingerprint density at radius 1 is 1.43 bits per heavy atom. The van der Waals surface area contributed by atoms with Crippen LogP contribution in [0.4, 0.5) is 4.39 Å². The summed E-state index contributed by atoms with van der Waals surface area (Å²) in [5.74, 6) is 0.00335. The second-order valence-corrected chi connectivity index (χ2v) is 4.33. The molecule has 1 aliphatic carbocycles. The van der Waals surface area contributed by atoms with Crippen LogP contribution in [0, 0.1) is 12.7 Å². The summed E-state index contributed by atoms with van der Waals surface area (Å²) in [4.78, 5) is 0. The zero-order valence-corrected chi connectivity index (χ0v) is 8.81. The maximum Gasteiger partial charge on any atom is 0.131 e. The van der Waals surface area contributed by atoms with Gasteiger partial charge in [0.1, 0.15) is 5.82 Å². The maximum absolute atomic E-state index is 13.8. The van der Waals surface area contributed by atoms with E-state index in [1.54, 1.807) is 19.1 Å². The van der Waals surface area contributed by atoms with Crippen molar-refractivity contribution in [2.45, 2.75) is 31.7 Å². The van der Waals surface area contributed by atoms with Crippen LogP contribution in [0.5, 0.6) is 0 Å². The Morgan fingerprint density at radius 2 is 2.14 bits per heavy atom. The van der Waals surface area contributed by atoms with Crippen LogP contribution in [0.3, 0.4) is 0 Å². The van der Waals surface area contributed by atoms with Crippen LogP contribution in [0.25, 0.3) is 0 Å². The molecule has 1 saturated carbocycles. The second kappa shape index (κ2) is 3.52. The molecule has 2 rings (SSSR count). The molecule has 0 spiro atoms. The average molecular weight is 214 g/mol. The van der Waals surface area contributed by atoms with Gasteiger partial charge in [-0.2, -0.15) is 0 Å². The Bertz CT molecular complexity index is 365. The maximum atomic E-state index is 13.8. The molecule has 0 radical (unpaired) electrons. The molecular weight excluding hydrogens is 201 g/mol. The number of hydrogen-bond acceptors (Lipinski definition) is 1. The molecule has 0 aromatic heterocycles. The molecular formula is C11H13ClFN. The van der Waals surface area contributed by atoms with E-state index in [4.69, 9.17) is 17.3 Å². The van der Waals surface area contributed by atoms with Gasteiger partial charge in [0.2, 0.25) is 0 Å². The fourth-order valence-electron chi connectivity index (χ4n) is 1.88. The average Bonchev–Trinajstić information content (AvgIpc) is 2.16. The molecule has 0 amide bonds.